The highest BCUT2D eigenvalue weighted by Crippen LogP contribution is 2.38. The molecule has 1 aromatic rings. The third kappa shape index (κ3) is 3.87. The minimum absolute atomic E-state index is 0.0647. The van der Waals surface area contributed by atoms with Crippen LogP contribution in [0.25, 0.3) is 0 Å². The van der Waals surface area contributed by atoms with Crippen molar-refractivity contribution in [3.8, 4) is 11.5 Å². The highest BCUT2D eigenvalue weighted by molar-refractivity contribution is 5.96. The van der Waals surface area contributed by atoms with E-state index in [1.165, 1.54) is 6.07 Å². The number of nitro benzene ring substituents is 1. The molecule has 1 aliphatic heterocycles. The number of hydrogen-bond acceptors (Lipinski definition) is 7. The van der Waals surface area contributed by atoms with Gasteiger partial charge in [-0.2, -0.15) is 0 Å². The Morgan fingerprint density at radius 3 is 2.65 bits per heavy atom. The maximum Gasteiger partial charge on any atom is 0.345 e. The van der Waals surface area contributed by atoms with E-state index in [1.807, 2.05) is 0 Å². The number of carbonyl (C=O) groups is 2. The van der Waals surface area contributed by atoms with Crippen molar-refractivity contribution in [1.29, 1.82) is 0 Å². The molecule has 1 N–H and O–H groups in total. The monoisotopic (exact) mass is 364 g/mol. The van der Waals surface area contributed by atoms with E-state index in [1.54, 1.807) is 0 Å². The van der Waals surface area contributed by atoms with Gasteiger partial charge in [0.1, 0.15) is 5.56 Å². The van der Waals surface area contributed by atoms with Crippen molar-refractivity contribution in [2.24, 2.45) is 5.92 Å². The van der Waals surface area contributed by atoms with Crippen molar-refractivity contribution < 1.29 is 28.7 Å². The summed E-state index contributed by atoms with van der Waals surface area (Å²) in [6.45, 7) is 1.51. The zero-order chi connectivity index (χ0) is 18.7. The molecule has 1 amide bonds. The molecule has 1 heterocycles. The van der Waals surface area contributed by atoms with Gasteiger partial charge in [-0.25, -0.2) is 4.79 Å². The molecule has 2 unspecified atom stereocenters. The van der Waals surface area contributed by atoms with Crippen LogP contribution in [0.15, 0.2) is 12.1 Å². The van der Waals surface area contributed by atoms with E-state index in [4.69, 9.17) is 14.2 Å². The molecule has 1 aromatic carbocycles. The lowest BCUT2D eigenvalue weighted by Crippen LogP contribution is -2.42. The van der Waals surface area contributed by atoms with Crippen molar-refractivity contribution in [3.63, 3.8) is 0 Å². The molecule has 140 valence electrons. The van der Waals surface area contributed by atoms with Crippen molar-refractivity contribution in [1.82, 2.24) is 5.32 Å². The molecule has 0 aromatic heterocycles. The van der Waals surface area contributed by atoms with Crippen LogP contribution in [-0.4, -0.2) is 36.2 Å². The number of amides is 1. The molecule has 26 heavy (non-hydrogen) atoms. The second-order valence-corrected chi connectivity index (χ2v) is 6.49. The predicted octanol–water partition coefficient (Wildman–Crippen LogP) is 2.18. The third-order valence-electron chi connectivity index (χ3n) is 4.70. The number of hydrogen-bond donors (Lipinski definition) is 1. The molecular weight excluding hydrogens is 344 g/mol. The largest absolute Gasteiger partial charge is 0.454 e. The van der Waals surface area contributed by atoms with Crippen LogP contribution in [0.1, 0.15) is 43.0 Å². The normalized spacial score (nSPS) is 21.1. The van der Waals surface area contributed by atoms with E-state index in [2.05, 4.69) is 12.2 Å². The quantitative estimate of drug-likeness (QED) is 0.483. The average Bonchev–Trinajstić information content (AvgIpc) is 3.08. The van der Waals surface area contributed by atoms with Crippen LogP contribution >= 0.6 is 0 Å². The molecule has 1 fully saturated rings. The Balaban J connectivity index is 1.63. The van der Waals surface area contributed by atoms with Crippen molar-refractivity contribution in [3.05, 3.63) is 27.8 Å². The fourth-order valence-electron chi connectivity index (χ4n) is 3.23. The first-order valence-corrected chi connectivity index (χ1v) is 8.50. The highest BCUT2D eigenvalue weighted by atomic mass is 16.7. The van der Waals surface area contributed by atoms with Crippen molar-refractivity contribution >= 4 is 17.6 Å². The van der Waals surface area contributed by atoms with Crippen LogP contribution in [0.2, 0.25) is 0 Å². The summed E-state index contributed by atoms with van der Waals surface area (Å²) in [7, 11) is 0. The Hall–Kier alpha value is -2.84. The van der Waals surface area contributed by atoms with Gasteiger partial charge in [-0.05, 0) is 18.8 Å². The summed E-state index contributed by atoms with van der Waals surface area (Å²) in [5.74, 6) is -0.582. The summed E-state index contributed by atoms with van der Waals surface area (Å²) in [4.78, 5) is 34.7. The Bertz CT molecular complexity index is 734. The van der Waals surface area contributed by atoms with E-state index >= 15 is 0 Å². The number of carbonyl (C=O) groups excluding carboxylic acids is 2. The standard InChI is InChI=1S/C17H20N2O7/c1-10-4-2-3-5-12(10)18-16(20)8-24-17(21)11-6-14-15(26-9-25-14)7-13(11)19(22)23/h6-7,10,12H,2-5,8-9H2,1H3,(H,18,20). The van der Waals surface area contributed by atoms with E-state index in [9.17, 15) is 19.7 Å². The summed E-state index contributed by atoms with van der Waals surface area (Å²) >= 11 is 0. The average molecular weight is 364 g/mol. The molecule has 9 nitrogen and oxygen atoms in total. The zero-order valence-corrected chi connectivity index (χ0v) is 14.4. The lowest BCUT2D eigenvalue weighted by Gasteiger charge is -2.29. The van der Waals surface area contributed by atoms with Gasteiger partial charge in [0, 0.05) is 12.1 Å². The van der Waals surface area contributed by atoms with E-state index in [-0.39, 0.29) is 29.9 Å². The van der Waals surface area contributed by atoms with Gasteiger partial charge in [0.2, 0.25) is 6.79 Å². The lowest BCUT2D eigenvalue weighted by molar-refractivity contribution is -0.385. The van der Waals surface area contributed by atoms with Crippen LogP contribution < -0.4 is 14.8 Å². The molecule has 2 atom stereocenters. The molecule has 0 saturated heterocycles. The fourth-order valence-corrected chi connectivity index (χ4v) is 3.23. The number of nitrogens with zero attached hydrogens (tertiary/aromatic N) is 1. The maximum atomic E-state index is 12.2. The van der Waals surface area contributed by atoms with E-state index < -0.39 is 29.1 Å². The van der Waals surface area contributed by atoms with Crippen molar-refractivity contribution in [2.75, 3.05) is 13.4 Å². The molecule has 1 aliphatic carbocycles. The van der Waals surface area contributed by atoms with E-state index in [0.29, 0.717) is 5.92 Å². The van der Waals surface area contributed by atoms with Gasteiger partial charge in [-0.3, -0.25) is 14.9 Å². The molecule has 0 bridgehead atoms. The number of benzene rings is 1. The lowest BCUT2D eigenvalue weighted by atomic mass is 9.86. The summed E-state index contributed by atoms with van der Waals surface area (Å²) in [6, 6.07) is 2.38. The molecular formula is C17H20N2O7. The third-order valence-corrected chi connectivity index (χ3v) is 4.70. The first kappa shape index (κ1) is 18.0. The first-order valence-electron chi connectivity index (χ1n) is 8.50. The highest BCUT2D eigenvalue weighted by Gasteiger charge is 2.29. The second-order valence-electron chi connectivity index (χ2n) is 6.49. The summed E-state index contributed by atoms with van der Waals surface area (Å²) in [5.41, 5.74) is -0.737. The topological polar surface area (TPSA) is 117 Å². The van der Waals surface area contributed by atoms with Crippen LogP contribution in [0, 0.1) is 16.0 Å². The number of nitro groups is 1. The minimum atomic E-state index is -0.957. The Morgan fingerprint density at radius 1 is 1.27 bits per heavy atom. The maximum absolute atomic E-state index is 12.2. The molecule has 0 radical (unpaired) electrons. The SMILES string of the molecule is CC1CCCCC1NC(=O)COC(=O)c1cc2c(cc1[N+](=O)[O-])OCO2. The number of esters is 1. The van der Waals surface area contributed by atoms with Crippen LogP contribution in [0.5, 0.6) is 11.5 Å². The summed E-state index contributed by atoms with van der Waals surface area (Å²) < 4.78 is 15.2. The van der Waals surface area contributed by atoms with Crippen LogP contribution in [0.4, 0.5) is 5.69 Å². The summed E-state index contributed by atoms with van der Waals surface area (Å²) in [5, 5.41) is 14.0. The number of ether oxygens (including phenoxy) is 3. The van der Waals surface area contributed by atoms with Gasteiger partial charge in [-0.1, -0.05) is 19.8 Å². The van der Waals surface area contributed by atoms with E-state index in [0.717, 1.165) is 31.7 Å². The first-order chi connectivity index (χ1) is 12.5. The Kier molecular flexibility index (Phi) is 5.24. The van der Waals surface area contributed by atoms with Gasteiger partial charge in [-0.15, -0.1) is 0 Å². The van der Waals surface area contributed by atoms with Crippen LogP contribution in [-0.2, 0) is 9.53 Å². The van der Waals surface area contributed by atoms with Gasteiger partial charge in [0.15, 0.2) is 18.1 Å². The molecule has 1 saturated carbocycles. The molecule has 9 heteroatoms. The number of nitrogens with one attached hydrogen (secondary N) is 1. The zero-order valence-electron chi connectivity index (χ0n) is 14.4. The van der Waals surface area contributed by atoms with Crippen LogP contribution in [0.3, 0.4) is 0 Å². The Morgan fingerprint density at radius 2 is 1.96 bits per heavy atom. The number of rotatable bonds is 5. The second kappa shape index (κ2) is 7.59. The van der Waals surface area contributed by atoms with Gasteiger partial charge >= 0.3 is 5.97 Å². The minimum Gasteiger partial charge on any atom is -0.454 e. The van der Waals surface area contributed by atoms with Gasteiger partial charge in [0.05, 0.1) is 11.0 Å². The Labute approximate surface area is 149 Å². The summed E-state index contributed by atoms with van der Waals surface area (Å²) in [6.07, 6.45) is 4.15. The molecule has 2 aliphatic rings. The fraction of sp³-hybridized carbons (Fsp3) is 0.529. The van der Waals surface area contributed by atoms with Crippen molar-refractivity contribution in [2.45, 2.75) is 38.6 Å². The molecule has 0 spiro atoms. The van der Waals surface area contributed by atoms with Gasteiger partial charge < -0.3 is 19.5 Å². The number of fused-ring (bicyclic) bond motifs is 1. The molecule has 3 rings (SSSR count). The predicted molar refractivity (Wildman–Crippen MR) is 89.1 cm³/mol. The smallest absolute Gasteiger partial charge is 0.345 e. The van der Waals surface area contributed by atoms with Gasteiger partial charge in [0.25, 0.3) is 11.6 Å².